The number of carbonyl (C=O) groups is 3. The highest BCUT2D eigenvalue weighted by Crippen LogP contribution is 2.22. The summed E-state index contributed by atoms with van der Waals surface area (Å²) in [5.74, 6) is -1.31. The summed E-state index contributed by atoms with van der Waals surface area (Å²) in [6.07, 6.45) is -0.918. The van der Waals surface area contributed by atoms with E-state index in [2.05, 4.69) is 26.1 Å². The van der Waals surface area contributed by atoms with Gasteiger partial charge < -0.3 is 10.1 Å². The smallest absolute Gasteiger partial charge is 0.326 e. The Balaban J connectivity index is 1.86. The molecule has 2 rings (SSSR count). The SMILES string of the molecule is Cc1ccc(C(=O)[C@@H](C)OC(=O)CNC(=O)c2ccc(C(C)(C)C)cc2)cc1. The van der Waals surface area contributed by atoms with E-state index in [0.29, 0.717) is 11.1 Å². The summed E-state index contributed by atoms with van der Waals surface area (Å²) in [5, 5.41) is 2.52. The highest BCUT2D eigenvalue weighted by molar-refractivity contribution is 6.00. The number of esters is 1. The molecular formula is C23H27NO4. The molecule has 0 fully saturated rings. The first-order valence-electron chi connectivity index (χ1n) is 9.27. The first-order chi connectivity index (χ1) is 13.1. The summed E-state index contributed by atoms with van der Waals surface area (Å²) >= 11 is 0. The molecule has 0 aliphatic rings. The second-order valence-corrected chi connectivity index (χ2v) is 7.87. The van der Waals surface area contributed by atoms with Crippen LogP contribution in [0.3, 0.4) is 0 Å². The van der Waals surface area contributed by atoms with Gasteiger partial charge in [0.2, 0.25) is 5.78 Å². The Morgan fingerprint density at radius 2 is 1.46 bits per heavy atom. The molecule has 0 aromatic heterocycles. The lowest BCUT2D eigenvalue weighted by Gasteiger charge is -2.19. The quantitative estimate of drug-likeness (QED) is 0.610. The highest BCUT2D eigenvalue weighted by Gasteiger charge is 2.20. The van der Waals surface area contributed by atoms with Gasteiger partial charge in [-0.15, -0.1) is 0 Å². The Kier molecular flexibility index (Phi) is 6.73. The molecule has 0 unspecified atom stereocenters. The number of Topliss-reactive ketones (excluding diaryl/α,β-unsaturated/α-hetero) is 1. The Morgan fingerprint density at radius 3 is 2.00 bits per heavy atom. The van der Waals surface area contributed by atoms with Gasteiger partial charge in [-0.1, -0.05) is 62.7 Å². The van der Waals surface area contributed by atoms with Crippen LogP contribution in [-0.4, -0.2) is 30.3 Å². The molecule has 28 heavy (non-hydrogen) atoms. The third-order valence-corrected chi connectivity index (χ3v) is 4.42. The second-order valence-electron chi connectivity index (χ2n) is 7.87. The van der Waals surface area contributed by atoms with Crippen molar-refractivity contribution in [2.45, 2.75) is 46.1 Å². The fourth-order valence-corrected chi connectivity index (χ4v) is 2.62. The normalized spacial score (nSPS) is 12.2. The molecule has 1 amide bonds. The predicted molar refractivity (Wildman–Crippen MR) is 109 cm³/mol. The summed E-state index contributed by atoms with van der Waals surface area (Å²) in [5.41, 5.74) is 3.10. The van der Waals surface area contributed by atoms with E-state index in [0.717, 1.165) is 11.1 Å². The number of amides is 1. The maximum atomic E-state index is 12.3. The van der Waals surface area contributed by atoms with Crippen molar-refractivity contribution in [1.29, 1.82) is 0 Å². The first-order valence-corrected chi connectivity index (χ1v) is 9.27. The number of rotatable bonds is 6. The third kappa shape index (κ3) is 5.78. The molecule has 0 heterocycles. The molecule has 2 aromatic carbocycles. The number of carbonyl (C=O) groups excluding carboxylic acids is 3. The van der Waals surface area contributed by atoms with Crippen molar-refractivity contribution >= 4 is 17.7 Å². The summed E-state index contributed by atoms with van der Waals surface area (Å²) < 4.78 is 5.14. The Morgan fingerprint density at radius 1 is 0.929 bits per heavy atom. The Bertz CT molecular complexity index is 846. The van der Waals surface area contributed by atoms with Gasteiger partial charge in [-0.25, -0.2) is 0 Å². The van der Waals surface area contributed by atoms with Gasteiger partial charge >= 0.3 is 5.97 Å². The van der Waals surface area contributed by atoms with Crippen LogP contribution < -0.4 is 5.32 Å². The van der Waals surface area contributed by atoms with Gasteiger partial charge in [-0.3, -0.25) is 14.4 Å². The number of aryl methyl sites for hydroxylation is 1. The van der Waals surface area contributed by atoms with Gasteiger partial charge in [0, 0.05) is 11.1 Å². The van der Waals surface area contributed by atoms with Crippen LogP contribution in [-0.2, 0) is 14.9 Å². The van der Waals surface area contributed by atoms with Crippen LogP contribution in [0.4, 0.5) is 0 Å². The molecule has 0 saturated heterocycles. The zero-order chi connectivity index (χ0) is 20.9. The van der Waals surface area contributed by atoms with Crippen LogP contribution in [0, 0.1) is 6.92 Å². The third-order valence-electron chi connectivity index (χ3n) is 4.42. The number of nitrogens with one attached hydrogen (secondary N) is 1. The highest BCUT2D eigenvalue weighted by atomic mass is 16.5. The van der Waals surface area contributed by atoms with Gasteiger partial charge in [0.1, 0.15) is 6.54 Å². The molecule has 0 spiro atoms. The van der Waals surface area contributed by atoms with Crippen molar-refractivity contribution in [3.05, 3.63) is 70.8 Å². The van der Waals surface area contributed by atoms with E-state index in [4.69, 9.17) is 4.74 Å². The van der Waals surface area contributed by atoms with Gasteiger partial charge in [-0.2, -0.15) is 0 Å². The molecule has 0 radical (unpaired) electrons. The lowest BCUT2D eigenvalue weighted by molar-refractivity contribution is -0.145. The topological polar surface area (TPSA) is 72.5 Å². The molecule has 2 aromatic rings. The molecule has 0 bridgehead atoms. The zero-order valence-electron chi connectivity index (χ0n) is 17.0. The monoisotopic (exact) mass is 381 g/mol. The molecular weight excluding hydrogens is 354 g/mol. The molecule has 0 aliphatic heterocycles. The maximum absolute atomic E-state index is 12.3. The first kappa shape index (κ1) is 21.4. The number of ether oxygens (including phenoxy) is 1. The van der Waals surface area contributed by atoms with Crippen molar-refractivity contribution in [1.82, 2.24) is 5.32 Å². The second kappa shape index (κ2) is 8.83. The van der Waals surface area contributed by atoms with Gasteiger partial charge in [0.05, 0.1) is 0 Å². The van der Waals surface area contributed by atoms with Crippen molar-refractivity contribution in [2.75, 3.05) is 6.54 Å². The fourth-order valence-electron chi connectivity index (χ4n) is 2.62. The number of hydrogen-bond acceptors (Lipinski definition) is 4. The number of benzene rings is 2. The zero-order valence-corrected chi connectivity index (χ0v) is 17.0. The van der Waals surface area contributed by atoms with Crippen LogP contribution in [0.1, 0.15) is 59.5 Å². The van der Waals surface area contributed by atoms with E-state index in [-0.39, 0.29) is 23.7 Å². The van der Waals surface area contributed by atoms with Gasteiger partial charge in [-0.05, 0) is 37.0 Å². The van der Waals surface area contributed by atoms with Crippen LogP contribution in [0.2, 0.25) is 0 Å². The van der Waals surface area contributed by atoms with Crippen molar-refractivity contribution < 1.29 is 19.1 Å². The van der Waals surface area contributed by atoms with E-state index >= 15 is 0 Å². The summed E-state index contributed by atoms with van der Waals surface area (Å²) in [6, 6.07) is 14.3. The average molecular weight is 381 g/mol. The Hall–Kier alpha value is -2.95. The van der Waals surface area contributed by atoms with E-state index < -0.39 is 12.1 Å². The minimum absolute atomic E-state index is 0.00105. The summed E-state index contributed by atoms with van der Waals surface area (Å²) in [6.45, 7) is 9.43. The number of ketones is 1. The molecule has 0 saturated carbocycles. The lowest BCUT2D eigenvalue weighted by atomic mass is 9.87. The van der Waals surface area contributed by atoms with Crippen molar-refractivity contribution in [3.8, 4) is 0 Å². The molecule has 5 heteroatoms. The number of hydrogen-bond donors (Lipinski definition) is 1. The van der Waals surface area contributed by atoms with Crippen LogP contribution in [0.25, 0.3) is 0 Å². The maximum Gasteiger partial charge on any atom is 0.326 e. The fraction of sp³-hybridized carbons (Fsp3) is 0.348. The van der Waals surface area contributed by atoms with Crippen molar-refractivity contribution in [3.63, 3.8) is 0 Å². The molecule has 1 N–H and O–H groups in total. The minimum atomic E-state index is -0.918. The molecule has 0 aliphatic carbocycles. The van der Waals surface area contributed by atoms with Gasteiger partial charge in [0.25, 0.3) is 5.91 Å². The van der Waals surface area contributed by atoms with E-state index in [1.165, 1.54) is 6.92 Å². The molecule has 148 valence electrons. The standard InChI is InChI=1S/C23H27NO4/c1-15-6-8-17(9-7-15)21(26)16(2)28-20(25)14-24-22(27)18-10-12-19(13-11-18)23(3,4)5/h6-13,16H,14H2,1-5H3,(H,24,27)/t16-/m1/s1. The molecule has 1 atom stereocenters. The van der Waals surface area contributed by atoms with Crippen LogP contribution in [0.15, 0.2) is 48.5 Å². The van der Waals surface area contributed by atoms with E-state index in [1.54, 1.807) is 24.3 Å². The predicted octanol–water partition coefficient (Wildman–Crippen LogP) is 3.84. The van der Waals surface area contributed by atoms with Crippen LogP contribution >= 0.6 is 0 Å². The average Bonchev–Trinajstić information content (AvgIpc) is 2.65. The van der Waals surface area contributed by atoms with Crippen LogP contribution in [0.5, 0.6) is 0 Å². The Labute approximate surface area is 166 Å². The van der Waals surface area contributed by atoms with E-state index in [9.17, 15) is 14.4 Å². The van der Waals surface area contributed by atoms with Crippen molar-refractivity contribution in [2.24, 2.45) is 0 Å². The lowest BCUT2D eigenvalue weighted by Crippen LogP contribution is -2.34. The van der Waals surface area contributed by atoms with Gasteiger partial charge in [0.15, 0.2) is 6.10 Å². The minimum Gasteiger partial charge on any atom is -0.453 e. The largest absolute Gasteiger partial charge is 0.453 e. The van der Waals surface area contributed by atoms with E-state index in [1.807, 2.05) is 31.2 Å². The molecule has 5 nitrogen and oxygen atoms in total. The summed E-state index contributed by atoms with van der Waals surface area (Å²) in [4.78, 5) is 36.5. The summed E-state index contributed by atoms with van der Waals surface area (Å²) in [7, 11) is 0.